The molecule has 9 aromatic carbocycles. The zero-order chi connectivity index (χ0) is 46.1. The van der Waals surface area contributed by atoms with E-state index in [1.807, 2.05) is 78.9 Å². The van der Waals surface area contributed by atoms with Gasteiger partial charge in [-0.2, -0.15) is 0 Å². The van der Waals surface area contributed by atoms with E-state index in [1.165, 1.54) is 0 Å². The molecule has 68 heavy (non-hydrogen) atoms. The summed E-state index contributed by atoms with van der Waals surface area (Å²) in [5, 5.41) is 29.8. The minimum absolute atomic E-state index is 0.423. The second-order valence-corrected chi connectivity index (χ2v) is 18.1. The standard InChI is InChI=1S/C58H38Cl4N6/c59-49-31-30-37(32-52(49)62)35-67(44-23-10-20-41(33-44)53-47-26-12-28-50(60)57(47)65-63-55(53)39-15-3-1-4-16-39)68(36-43-22-9-19-38-14-7-8-25-46(38)43)45-24-11-21-42(34-45)54-48-27-13-29-51(61)58(48)66-64-56(54)40-17-5-2-6-18-40/h1-34H,35-36H2. The van der Waals surface area contributed by atoms with Gasteiger partial charge in [-0.1, -0.05) is 204 Å². The van der Waals surface area contributed by atoms with E-state index in [0.717, 1.165) is 88.8 Å². The second kappa shape index (κ2) is 18.8. The van der Waals surface area contributed by atoms with Crippen molar-refractivity contribution in [3.8, 4) is 44.8 Å². The van der Waals surface area contributed by atoms with Crippen LogP contribution in [0.3, 0.4) is 0 Å². The number of nitrogens with zero attached hydrogens (tertiary/aromatic N) is 6. The maximum Gasteiger partial charge on any atom is 0.112 e. The van der Waals surface area contributed by atoms with Crippen LogP contribution in [0.5, 0.6) is 0 Å². The lowest BCUT2D eigenvalue weighted by Gasteiger charge is -2.39. The molecule has 0 unspecified atom stereocenters. The van der Waals surface area contributed by atoms with Gasteiger partial charge in [-0.25, -0.2) is 0 Å². The van der Waals surface area contributed by atoms with Crippen molar-refractivity contribution in [3.05, 3.63) is 237 Å². The quantitative estimate of drug-likeness (QED) is 0.120. The van der Waals surface area contributed by atoms with Crippen LogP contribution >= 0.6 is 46.4 Å². The highest BCUT2D eigenvalue weighted by Gasteiger charge is 2.24. The molecule has 0 radical (unpaired) electrons. The SMILES string of the molecule is Clc1ccc(CN(c2cccc(-c3c(-c4ccccc4)nnc4c(Cl)cccc34)c2)N(Cc2cccc3ccccc23)c2cccc(-c3c(-c4ccccc4)nnc4c(Cl)cccc34)c2)cc1Cl. The van der Waals surface area contributed by atoms with Crippen molar-refractivity contribution >= 4 is 90.4 Å². The molecule has 0 aliphatic heterocycles. The van der Waals surface area contributed by atoms with Gasteiger partial charge >= 0.3 is 0 Å². The summed E-state index contributed by atoms with van der Waals surface area (Å²) in [4.78, 5) is 0. The molecule has 2 heterocycles. The monoisotopic (exact) mass is 958 g/mol. The average molecular weight is 961 g/mol. The summed E-state index contributed by atoms with van der Waals surface area (Å²) in [5.74, 6) is 0. The third kappa shape index (κ3) is 8.37. The van der Waals surface area contributed by atoms with Crippen molar-refractivity contribution < 1.29 is 0 Å². The van der Waals surface area contributed by atoms with Crippen molar-refractivity contribution in [2.45, 2.75) is 13.1 Å². The summed E-state index contributed by atoms with van der Waals surface area (Å²) in [7, 11) is 0. The smallest absolute Gasteiger partial charge is 0.112 e. The van der Waals surface area contributed by atoms with E-state index in [1.54, 1.807) is 0 Å². The maximum absolute atomic E-state index is 6.83. The van der Waals surface area contributed by atoms with Crippen LogP contribution in [0.4, 0.5) is 11.4 Å². The number of aromatic nitrogens is 4. The molecule has 0 aliphatic rings. The fourth-order valence-corrected chi connectivity index (χ4v) is 9.80. The lowest BCUT2D eigenvalue weighted by Crippen LogP contribution is -2.42. The molecular weight excluding hydrogens is 922 g/mol. The Hall–Kier alpha value is -7.32. The molecule has 6 nitrogen and oxygen atoms in total. The van der Waals surface area contributed by atoms with E-state index in [-0.39, 0.29) is 0 Å². The van der Waals surface area contributed by atoms with Crippen molar-refractivity contribution in [1.82, 2.24) is 20.4 Å². The topological polar surface area (TPSA) is 58.0 Å². The fraction of sp³-hybridized carbons (Fsp3) is 0.0345. The fourth-order valence-electron chi connectivity index (χ4n) is 9.05. The van der Waals surface area contributed by atoms with Crippen molar-refractivity contribution in [1.29, 1.82) is 0 Å². The summed E-state index contributed by atoms with van der Waals surface area (Å²) in [5.41, 5.74) is 12.4. The molecule has 11 aromatic rings. The Morgan fingerprint density at radius 1 is 0.338 bits per heavy atom. The van der Waals surface area contributed by atoms with E-state index in [4.69, 9.17) is 56.6 Å². The van der Waals surface area contributed by atoms with E-state index in [9.17, 15) is 0 Å². The van der Waals surface area contributed by atoms with Crippen molar-refractivity contribution in [2.75, 3.05) is 10.0 Å². The molecule has 0 N–H and O–H groups in total. The summed E-state index contributed by atoms with van der Waals surface area (Å²) >= 11 is 27.0. The summed E-state index contributed by atoms with van der Waals surface area (Å²) in [6, 6.07) is 70.1. The Labute approximate surface area is 413 Å². The van der Waals surface area contributed by atoms with E-state index in [2.05, 4.69) is 148 Å². The molecule has 0 bridgehead atoms. The molecule has 0 atom stereocenters. The van der Waals surface area contributed by atoms with Crippen molar-refractivity contribution in [3.63, 3.8) is 0 Å². The van der Waals surface area contributed by atoms with Gasteiger partial charge in [0.2, 0.25) is 0 Å². The van der Waals surface area contributed by atoms with Gasteiger partial charge in [-0.3, -0.25) is 10.0 Å². The lowest BCUT2D eigenvalue weighted by molar-refractivity contribution is 0.712. The van der Waals surface area contributed by atoms with Gasteiger partial charge in [0.05, 0.1) is 44.6 Å². The molecule has 0 amide bonds. The van der Waals surface area contributed by atoms with E-state index >= 15 is 0 Å². The Bertz CT molecular complexity index is 3660. The van der Waals surface area contributed by atoms with Crippen LogP contribution in [-0.4, -0.2) is 20.4 Å². The van der Waals surface area contributed by atoms with Gasteiger partial charge in [0.25, 0.3) is 0 Å². The number of hydrogen-bond donors (Lipinski definition) is 0. The highest BCUT2D eigenvalue weighted by molar-refractivity contribution is 6.42. The van der Waals surface area contributed by atoms with Crippen LogP contribution in [0, 0.1) is 0 Å². The lowest BCUT2D eigenvalue weighted by atomic mass is 9.95. The van der Waals surface area contributed by atoms with Gasteiger partial charge in [-0.05, 0) is 81.6 Å². The van der Waals surface area contributed by atoms with E-state index in [0.29, 0.717) is 44.2 Å². The summed E-state index contributed by atoms with van der Waals surface area (Å²) < 4.78 is 0. The molecule has 2 aromatic heterocycles. The molecule has 328 valence electrons. The first-order valence-electron chi connectivity index (χ1n) is 22.0. The average Bonchev–Trinajstić information content (AvgIpc) is 3.38. The van der Waals surface area contributed by atoms with Crippen LogP contribution in [0.2, 0.25) is 20.1 Å². The zero-order valence-electron chi connectivity index (χ0n) is 36.2. The second-order valence-electron chi connectivity index (χ2n) is 16.5. The van der Waals surface area contributed by atoms with Gasteiger partial charge in [-0.15, -0.1) is 20.4 Å². The predicted octanol–water partition coefficient (Wildman–Crippen LogP) is 16.6. The predicted molar refractivity (Wildman–Crippen MR) is 284 cm³/mol. The summed E-state index contributed by atoms with van der Waals surface area (Å²) in [6.45, 7) is 0.917. The Morgan fingerprint density at radius 3 is 1.38 bits per heavy atom. The number of benzene rings is 9. The number of hydrogen-bond acceptors (Lipinski definition) is 6. The van der Waals surface area contributed by atoms with Gasteiger partial charge in [0.1, 0.15) is 22.4 Å². The number of rotatable bonds is 11. The molecule has 11 rings (SSSR count). The highest BCUT2D eigenvalue weighted by Crippen LogP contribution is 2.42. The normalized spacial score (nSPS) is 11.4. The third-order valence-corrected chi connectivity index (χ3v) is 13.6. The first-order chi connectivity index (χ1) is 33.4. The van der Waals surface area contributed by atoms with Crippen LogP contribution in [0.15, 0.2) is 206 Å². The molecule has 0 fully saturated rings. The molecule has 0 spiro atoms. The first kappa shape index (κ1) is 43.3. The van der Waals surface area contributed by atoms with E-state index < -0.39 is 0 Å². The molecule has 0 aliphatic carbocycles. The van der Waals surface area contributed by atoms with Crippen LogP contribution in [0.25, 0.3) is 77.3 Å². The minimum atomic E-state index is 0.423. The Morgan fingerprint density at radius 2 is 0.809 bits per heavy atom. The first-order valence-corrected chi connectivity index (χ1v) is 23.6. The third-order valence-electron chi connectivity index (χ3n) is 12.3. The van der Waals surface area contributed by atoms with Gasteiger partial charge < -0.3 is 0 Å². The largest absolute Gasteiger partial charge is 0.281 e. The molecule has 0 saturated heterocycles. The van der Waals surface area contributed by atoms with Crippen LogP contribution in [0.1, 0.15) is 11.1 Å². The molecular formula is C58H38Cl4N6. The maximum atomic E-state index is 6.83. The number of halogens is 4. The zero-order valence-corrected chi connectivity index (χ0v) is 39.3. The Balaban J connectivity index is 1.15. The van der Waals surface area contributed by atoms with Gasteiger partial charge in [0, 0.05) is 33.0 Å². The van der Waals surface area contributed by atoms with Gasteiger partial charge in [0.15, 0.2) is 0 Å². The molecule has 10 heteroatoms. The number of anilines is 2. The van der Waals surface area contributed by atoms with Crippen molar-refractivity contribution in [2.24, 2.45) is 0 Å². The number of hydrazine groups is 1. The number of fused-ring (bicyclic) bond motifs is 3. The molecule has 0 saturated carbocycles. The minimum Gasteiger partial charge on any atom is -0.281 e. The highest BCUT2D eigenvalue weighted by atomic mass is 35.5. The van der Waals surface area contributed by atoms with Crippen LogP contribution < -0.4 is 10.0 Å². The Kier molecular flexibility index (Phi) is 11.9. The summed E-state index contributed by atoms with van der Waals surface area (Å²) in [6.07, 6.45) is 0. The van der Waals surface area contributed by atoms with Crippen LogP contribution in [-0.2, 0) is 13.1 Å².